The van der Waals surface area contributed by atoms with E-state index < -0.39 is 0 Å². The summed E-state index contributed by atoms with van der Waals surface area (Å²) >= 11 is 0. The van der Waals surface area contributed by atoms with Gasteiger partial charge in [0.2, 0.25) is 0 Å². The molecular weight excluding hydrogens is 274 g/mol. The Hall–Kier alpha value is -2.20. The van der Waals surface area contributed by atoms with Gasteiger partial charge in [-0.25, -0.2) is 9.97 Å². The van der Waals surface area contributed by atoms with Crippen LogP contribution in [0.15, 0.2) is 42.6 Å². The number of para-hydroxylation sites is 1. The highest BCUT2D eigenvalue weighted by atomic mass is 16.5. The monoisotopic (exact) mass is 293 g/mol. The maximum absolute atomic E-state index is 5.98. The number of pyridine rings is 1. The van der Waals surface area contributed by atoms with Crippen LogP contribution in [0, 0.1) is 6.92 Å². The van der Waals surface area contributed by atoms with Gasteiger partial charge in [-0.05, 0) is 49.9 Å². The van der Waals surface area contributed by atoms with Crippen LogP contribution in [-0.2, 0) is 4.74 Å². The van der Waals surface area contributed by atoms with Gasteiger partial charge < -0.3 is 4.74 Å². The highest BCUT2D eigenvalue weighted by molar-refractivity contribution is 5.74. The molecule has 112 valence electrons. The molecule has 0 radical (unpaired) electrons. The first-order chi connectivity index (χ1) is 10.8. The number of rotatable bonds is 2. The lowest BCUT2D eigenvalue weighted by Gasteiger charge is -2.23. The quantitative estimate of drug-likeness (QED) is 0.717. The smallest absolute Gasteiger partial charge is 0.164 e. The zero-order valence-electron chi connectivity index (χ0n) is 12.7. The maximum Gasteiger partial charge on any atom is 0.164 e. The lowest BCUT2D eigenvalue weighted by atomic mass is 10.1. The van der Waals surface area contributed by atoms with Gasteiger partial charge in [0.1, 0.15) is 17.4 Å². The number of fused-ring (bicyclic) bond motifs is 1. The minimum Gasteiger partial charge on any atom is -0.370 e. The third kappa shape index (κ3) is 2.20. The molecule has 22 heavy (non-hydrogen) atoms. The fourth-order valence-corrected chi connectivity index (χ4v) is 3.14. The Morgan fingerprint density at radius 3 is 2.86 bits per heavy atom. The van der Waals surface area contributed by atoms with Crippen LogP contribution in [0.25, 0.3) is 16.9 Å². The second kappa shape index (κ2) is 5.54. The summed E-state index contributed by atoms with van der Waals surface area (Å²) in [5.74, 6) is 0.975. The van der Waals surface area contributed by atoms with Crippen LogP contribution in [0.2, 0.25) is 0 Å². The molecular formula is C18H19N3O. The summed E-state index contributed by atoms with van der Waals surface area (Å²) in [7, 11) is 0. The molecule has 0 saturated carbocycles. The molecule has 1 aromatic carbocycles. The summed E-state index contributed by atoms with van der Waals surface area (Å²) in [6.45, 7) is 2.94. The molecule has 1 aliphatic heterocycles. The van der Waals surface area contributed by atoms with E-state index in [1.807, 2.05) is 18.3 Å². The van der Waals surface area contributed by atoms with E-state index in [2.05, 4.69) is 40.7 Å². The first-order valence-corrected chi connectivity index (χ1v) is 7.85. The van der Waals surface area contributed by atoms with Crippen molar-refractivity contribution >= 4 is 11.2 Å². The zero-order chi connectivity index (χ0) is 14.9. The number of imidazole rings is 1. The predicted octanol–water partition coefficient (Wildman–Crippen LogP) is 3.97. The van der Waals surface area contributed by atoms with Crippen LogP contribution in [0.4, 0.5) is 0 Å². The molecule has 2 aromatic heterocycles. The Labute approximate surface area is 129 Å². The zero-order valence-corrected chi connectivity index (χ0v) is 12.7. The second-order valence-corrected chi connectivity index (χ2v) is 5.79. The third-order valence-corrected chi connectivity index (χ3v) is 4.27. The first-order valence-electron chi connectivity index (χ1n) is 7.85. The van der Waals surface area contributed by atoms with Crippen molar-refractivity contribution in [3.05, 3.63) is 54.0 Å². The molecule has 4 heteroatoms. The van der Waals surface area contributed by atoms with Crippen LogP contribution in [-0.4, -0.2) is 21.1 Å². The third-order valence-electron chi connectivity index (χ3n) is 4.27. The molecule has 0 spiro atoms. The summed E-state index contributed by atoms with van der Waals surface area (Å²) < 4.78 is 8.15. The Morgan fingerprint density at radius 1 is 1.14 bits per heavy atom. The Kier molecular flexibility index (Phi) is 3.39. The van der Waals surface area contributed by atoms with Crippen LogP contribution in [0.3, 0.4) is 0 Å². The average molecular weight is 293 g/mol. The molecule has 1 fully saturated rings. The van der Waals surface area contributed by atoms with Crippen LogP contribution in [0.5, 0.6) is 0 Å². The lowest BCUT2D eigenvalue weighted by Crippen LogP contribution is -2.16. The number of aromatic nitrogens is 3. The van der Waals surface area contributed by atoms with Gasteiger partial charge in [-0.3, -0.25) is 4.57 Å². The molecule has 3 heterocycles. The summed E-state index contributed by atoms with van der Waals surface area (Å²) in [6, 6.07) is 12.3. The fourth-order valence-electron chi connectivity index (χ4n) is 3.14. The predicted molar refractivity (Wildman–Crippen MR) is 86.1 cm³/mol. The van der Waals surface area contributed by atoms with Gasteiger partial charge in [0, 0.05) is 12.8 Å². The summed E-state index contributed by atoms with van der Waals surface area (Å²) in [6.07, 6.45) is 5.23. The first kappa shape index (κ1) is 13.5. The van der Waals surface area contributed by atoms with Crippen LogP contribution < -0.4 is 0 Å². The van der Waals surface area contributed by atoms with Gasteiger partial charge in [0.05, 0.1) is 5.69 Å². The van der Waals surface area contributed by atoms with E-state index >= 15 is 0 Å². The van der Waals surface area contributed by atoms with E-state index in [9.17, 15) is 0 Å². The molecule has 4 nitrogen and oxygen atoms in total. The number of aryl methyl sites for hydroxylation is 1. The van der Waals surface area contributed by atoms with E-state index in [1.54, 1.807) is 0 Å². The highest BCUT2D eigenvalue weighted by Crippen LogP contribution is 2.32. The molecule has 0 aliphatic carbocycles. The van der Waals surface area contributed by atoms with Gasteiger partial charge in [-0.1, -0.05) is 18.2 Å². The van der Waals surface area contributed by atoms with E-state index in [1.165, 1.54) is 12.0 Å². The molecule has 0 bridgehead atoms. The van der Waals surface area contributed by atoms with Gasteiger partial charge in [0.15, 0.2) is 5.65 Å². The Morgan fingerprint density at radius 2 is 2.05 bits per heavy atom. The maximum atomic E-state index is 5.98. The number of nitrogens with zero attached hydrogens (tertiary/aromatic N) is 3. The molecule has 1 atom stereocenters. The second-order valence-electron chi connectivity index (χ2n) is 5.79. The van der Waals surface area contributed by atoms with Crippen LogP contribution in [0.1, 0.15) is 36.8 Å². The standard InChI is InChI=1S/C18H19N3O/c1-13-7-2-3-9-15(13)21-17-14(8-6-11-19-17)20-18(21)16-10-4-5-12-22-16/h2-3,6-9,11,16H,4-5,10,12H2,1H3. The van der Waals surface area contributed by atoms with E-state index in [-0.39, 0.29) is 6.10 Å². The number of hydrogen-bond donors (Lipinski definition) is 0. The summed E-state index contributed by atoms with van der Waals surface area (Å²) in [5, 5.41) is 0. The average Bonchev–Trinajstić information content (AvgIpc) is 2.95. The largest absolute Gasteiger partial charge is 0.370 e. The molecule has 1 aliphatic rings. The van der Waals surface area contributed by atoms with Crippen LogP contribution >= 0.6 is 0 Å². The number of hydrogen-bond acceptors (Lipinski definition) is 3. The minimum absolute atomic E-state index is 0.0579. The van der Waals surface area contributed by atoms with Crippen molar-refractivity contribution in [2.24, 2.45) is 0 Å². The number of ether oxygens (including phenoxy) is 1. The molecule has 0 amide bonds. The van der Waals surface area contributed by atoms with E-state index in [0.717, 1.165) is 42.1 Å². The normalized spacial score (nSPS) is 18.7. The lowest BCUT2D eigenvalue weighted by molar-refractivity contribution is 0.00885. The highest BCUT2D eigenvalue weighted by Gasteiger charge is 2.24. The Bertz CT molecular complexity index is 803. The van der Waals surface area contributed by atoms with E-state index in [0.29, 0.717) is 0 Å². The molecule has 0 N–H and O–H groups in total. The molecule has 3 aromatic rings. The van der Waals surface area contributed by atoms with Crippen molar-refractivity contribution in [1.29, 1.82) is 0 Å². The molecule has 1 saturated heterocycles. The van der Waals surface area contributed by atoms with E-state index in [4.69, 9.17) is 9.72 Å². The topological polar surface area (TPSA) is 39.9 Å². The summed E-state index contributed by atoms with van der Waals surface area (Å²) in [4.78, 5) is 9.39. The van der Waals surface area contributed by atoms with Gasteiger partial charge >= 0.3 is 0 Å². The van der Waals surface area contributed by atoms with Crippen molar-refractivity contribution in [1.82, 2.24) is 14.5 Å². The van der Waals surface area contributed by atoms with Gasteiger partial charge in [-0.15, -0.1) is 0 Å². The number of benzene rings is 1. The SMILES string of the molecule is Cc1ccccc1-n1c(C2CCCCO2)nc2cccnc21. The summed E-state index contributed by atoms with van der Waals surface area (Å²) in [5.41, 5.74) is 4.17. The molecule has 4 rings (SSSR count). The van der Waals surface area contributed by atoms with Gasteiger partial charge in [0.25, 0.3) is 0 Å². The minimum atomic E-state index is 0.0579. The van der Waals surface area contributed by atoms with Crippen molar-refractivity contribution in [2.45, 2.75) is 32.3 Å². The van der Waals surface area contributed by atoms with Crippen molar-refractivity contribution in [3.8, 4) is 5.69 Å². The van der Waals surface area contributed by atoms with Crippen molar-refractivity contribution in [2.75, 3.05) is 6.61 Å². The fraction of sp³-hybridized carbons (Fsp3) is 0.333. The van der Waals surface area contributed by atoms with Gasteiger partial charge in [-0.2, -0.15) is 0 Å². The Balaban J connectivity index is 1.96. The van der Waals surface area contributed by atoms with Crippen molar-refractivity contribution < 1.29 is 4.74 Å². The van der Waals surface area contributed by atoms with Crippen molar-refractivity contribution in [3.63, 3.8) is 0 Å². The molecule has 1 unspecified atom stereocenters.